The van der Waals surface area contributed by atoms with E-state index in [2.05, 4.69) is 36.7 Å². The maximum Gasteiger partial charge on any atom is 0.264 e. The van der Waals surface area contributed by atoms with Crippen molar-refractivity contribution >= 4 is 23.1 Å². The maximum atomic E-state index is 13.0. The molecule has 0 radical (unpaired) electrons. The number of nitrogens with zero attached hydrogens (tertiary/aromatic N) is 3. The van der Waals surface area contributed by atoms with E-state index in [1.54, 1.807) is 11.3 Å². The molecule has 1 aliphatic heterocycles. The van der Waals surface area contributed by atoms with Gasteiger partial charge in [0, 0.05) is 37.3 Å². The number of hydrogen-bond donors (Lipinski definition) is 0. The quantitative estimate of drug-likeness (QED) is 0.778. The molecule has 0 saturated carbocycles. The molecule has 0 bridgehead atoms. The van der Waals surface area contributed by atoms with E-state index in [1.807, 2.05) is 29.3 Å². The Morgan fingerprint density at radius 1 is 1.19 bits per heavy atom. The third kappa shape index (κ3) is 3.88. The standard InChI is InChI=1S/C22H29N3OS/c1-22(2,3)17-7-8-18-16(14-17)15-19(27-18)21(26)25-12-10-24(11-13-25)20-6-4-5-9-23-20/h4-6,9,15,17H,7-8,10-14H2,1-3H3. The number of amides is 1. The van der Waals surface area contributed by atoms with Crippen molar-refractivity contribution < 1.29 is 4.79 Å². The molecule has 3 heterocycles. The first-order chi connectivity index (χ1) is 12.9. The Hall–Kier alpha value is -1.88. The van der Waals surface area contributed by atoms with Crippen LogP contribution in [-0.4, -0.2) is 42.0 Å². The van der Waals surface area contributed by atoms with E-state index in [0.29, 0.717) is 11.3 Å². The van der Waals surface area contributed by atoms with E-state index >= 15 is 0 Å². The minimum atomic E-state index is 0.211. The Morgan fingerprint density at radius 2 is 1.96 bits per heavy atom. The van der Waals surface area contributed by atoms with Crippen LogP contribution in [0.1, 0.15) is 47.3 Å². The van der Waals surface area contributed by atoms with Gasteiger partial charge in [0.05, 0.1) is 4.88 Å². The summed E-state index contributed by atoms with van der Waals surface area (Å²) in [5, 5.41) is 0. The fourth-order valence-corrected chi connectivity index (χ4v) is 5.38. The summed E-state index contributed by atoms with van der Waals surface area (Å²) in [5.74, 6) is 1.93. The van der Waals surface area contributed by atoms with Crippen LogP contribution in [0.25, 0.3) is 0 Å². The lowest BCUT2D eigenvalue weighted by Crippen LogP contribution is -2.48. The molecule has 1 aliphatic carbocycles. The lowest BCUT2D eigenvalue weighted by Gasteiger charge is -2.35. The first-order valence-electron chi connectivity index (χ1n) is 9.98. The van der Waals surface area contributed by atoms with Crippen LogP contribution < -0.4 is 4.90 Å². The molecular weight excluding hydrogens is 354 g/mol. The average molecular weight is 384 g/mol. The van der Waals surface area contributed by atoms with Gasteiger partial charge >= 0.3 is 0 Å². The van der Waals surface area contributed by atoms with Crippen LogP contribution in [0.15, 0.2) is 30.5 Å². The Balaban J connectivity index is 1.41. The molecule has 2 aromatic heterocycles. The Bertz CT molecular complexity index is 801. The highest BCUT2D eigenvalue weighted by molar-refractivity contribution is 7.14. The molecule has 1 atom stereocenters. The fourth-order valence-electron chi connectivity index (χ4n) is 4.20. The number of piperazine rings is 1. The summed E-state index contributed by atoms with van der Waals surface area (Å²) in [7, 11) is 0. The molecule has 1 amide bonds. The molecule has 0 spiro atoms. The summed E-state index contributed by atoms with van der Waals surface area (Å²) in [5.41, 5.74) is 1.76. The normalized spacial score (nSPS) is 20.5. The van der Waals surface area contributed by atoms with Crippen molar-refractivity contribution in [3.8, 4) is 0 Å². The van der Waals surface area contributed by atoms with E-state index in [0.717, 1.165) is 49.7 Å². The minimum Gasteiger partial charge on any atom is -0.353 e. The van der Waals surface area contributed by atoms with Crippen LogP contribution in [0.2, 0.25) is 0 Å². The predicted molar refractivity (Wildman–Crippen MR) is 112 cm³/mol. The number of carbonyl (C=O) groups excluding carboxylic acids is 1. The number of fused-ring (bicyclic) bond motifs is 1. The van der Waals surface area contributed by atoms with Gasteiger partial charge in [0.25, 0.3) is 5.91 Å². The van der Waals surface area contributed by atoms with Crippen molar-refractivity contribution in [1.82, 2.24) is 9.88 Å². The number of rotatable bonds is 2. The van der Waals surface area contributed by atoms with Gasteiger partial charge in [0.2, 0.25) is 0 Å². The van der Waals surface area contributed by atoms with Crippen LogP contribution in [0.3, 0.4) is 0 Å². The maximum absolute atomic E-state index is 13.0. The summed E-state index contributed by atoms with van der Waals surface area (Å²) < 4.78 is 0. The first-order valence-corrected chi connectivity index (χ1v) is 10.8. The zero-order valence-electron chi connectivity index (χ0n) is 16.6. The molecule has 2 aromatic rings. The third-order valence-electron chi connectivity index (χ3n) is 6.06. The predicted octanol–water partition coefficient (Wildman–Crippen LogP) is 4.26. The highest BCUT2D eigenvalue weighted by atomic mass is 32.1. The SMILES string of the molecule is CC(C)(C)C1CCc2sc(C(=O)N3CCN(c4ccccn4)CC3)cc2C1. The van der Waals surface area contributed by atoms with Gasteiger partial charge in [-0.15, -0.1) is 11.3 Å². The van der Waals surface area contributed by atoms with Crippen LogP contribution in [0, 0.1) is 11.3 Å². The molecule has 4 rings (SSSR count). The summed E-state index contributed by atoms with van der Waals surface area (Å²) in [6.45, 7) is 10.2. The van der Waals surface area contributed by atoms with Gasteiger partial charge in [0.15, 0.2) is 0 Å². The Morgan fingerprint density at radius 3 is 2.63 bits per heavy atom. The van der Waals surface area contributed by atoms with Crippen LogP contribution in [0.4, 0.5) is 5.82 Å². The second-order valence-electron chi connectivity index (χ2n) is 8.83. The number of anilines is 1. The summed E-state index contributed by atoms with van der Waals surface area (Å²) in [6.07, 6.45) is 5.32. The van der Waals surface area contributed by atoms with Gasteiger partial charge in [0.1, 0.15) is 5.82 Å². The van der Waals surface area contributed by atoms with Gasteiger partial charge in [-0.25, -0.2) is 4.98 Å². The molecule has 4 nitrogen and oxygen atoms in total. The van der Waals surface area contributed by atoms with Crippen molar-refractivity contribution in [2.24, 2.45) is 11.3 Å². The fraction of sp³-hybridized carbons (Fsp3) is 0.545. The largest absolute Gasteiger partial charge is 0.353 e. The van der Waals surface area contributed by atoms with Gasteiger partial charge in [-0.3, -0.25) is 4.79 Å². The van der Waals surface area contributed by atoms with Crippen molar-refractivity contribution in [3.05, 3.63) is 45.8 Å². The third-order valence-corrected chi connectivity index (χ3v) is 7.28. The van der Waals surface area contributed by atoms with Crippen LogP contribution in [0.5, 0.6) is 0 Å². The molecule has 0 aromatic carbocycles. The van der Waals surface area contributed by atoms with Gasteiger partial charge in [-0.05, 0) is 54.4 Å². The smallest absolute Gasteiger partial charge is 0.264 e. The summed E-state index contributed by atoms with van der Waals surface area (Å²) >= 11 is 1.73. The number of carbonyl (C=O) groups is 1. The van der Waals surface area contributed by atoms with Crippen molar-refractivity contribution in [2.45, 2.75) is 40.0 Å². The Labute approximate surface area is 166 Å². The lowest BCUT2D eigenvalue weighted by molar-refractivity contribution is 0.0751. The van der Waals surface area contributed by atoms with Crippen molar-refractivity contribution in [1.29, 1.82) is 0 Å². The zero-order chi connectivity index (χ0) is 19.0. The van der Waals surface area contributed by atoms with Gasteiger partial charge in [-0.2, -0.15) is 0 Å². The topological polar surface area (TPSA) is 36.4 Å². The second kappa shape index (κ2) is 7.27. The highest BCUT2D eigenvalue weighted by Crippen LogP contribution is 2.40. The average Bonchev–Trinajstić information content (AvgIpc) is 3.11. The van der Waals surface area contributed by atoms with Crippen molar-refractivity contribution in [2.75, 3.05) is 31.1 Å². The molecule has 2 aliphatic rings. The molecule has 1 fully saturated rings. The Kier molecular flexibility index (Phi) is 4.97. The number of thiophene rings is 1. The molecular formula is C22H29N3OS. The van der Waals surface area contributed by atoms with E-state index in [4.69, 9.17) is 0 Å². The second-order valence-corrected chi connectivity index (χ2v) is 9.97. The molecule has 0 N–H and O–H groups in total. The molecule has 1 saturated heterocycles. The highest BCUT2D eigenvalue weighted by Gasteiger charge is 2.31. The minimum absolute atomic E-state index is 0.211. The zero-order valence-corrected chi connectivity index (χ0v) is 17.4. The van der Waals surface area contributed by atoms with E-state index in [9.17, 15) is 4.79 Å². The van der Waals surface area contributed by atoms with E-state index < -0.39 is 0 Å². The number of aromatic nitrogens is 1. The number of hydrogen-bond acceptors (Lipinski definition) is 4. The van der Waals surface area contributed by atoms with Crippen molar-refractivity contribution in [3.63, 3.8) is 0 Å². The van der Waals surface area contributed by atoms with Crippen LogP contribution in [-0.2, 0) is 12.8 Å². The number of aryl methyl sites for hydroxylation is 1. The number of pyridine rings is 1. The van der Waals surface area contributed by atoms with E-state index in [-0.39, 0.29) is 5.91 Å². The molecule has 144 valence electrons. The van der Waals surface area contributed by atoms with Gasteiger partial charge in [-0.1, -0.05) is 26.8 Å². The van der Waals surface area contributed by atoms with Gasteiger partial charge < -0.3 is 9.80 Å². The summed E-state index contributed by atoms with van der Waals surface area (Å²) in [6, 6.07) is 8.18. The van der Waals surface area contributed by atoms with Crippen LogP contribution >= 0.6 is 11.3 Å². The first kappa shape index (κ1) is 18.5. The molecule has 1 unspecified atom stereocenters. The lowest BCUT2D eigenvalue weighted by atomic mass is 9.72. The van der Waals surface area contributed by atoms with E-state index in [1.165, 1.54) is 16.9 Å². The molecule has 27 heavy (non-hydrogen) atoms. The monoisotopic (exact) mass is 383 g/mol. The molecule has 5 heteroatoms. The summed E-state index contributed by atoms with van der Waals surface area (Å²) in [4.78, 5) is 24.1.